The Labute approximate surface area is 175 Å². The van der Waals surface area contributed by atoms with E-state index in [1.165, 1.54) is 21.3 Å². The molecule has 10 heteroatoms. The zero-order valence-corrected chi connectivity index (χ0v) is 17.7. The number of amides is 1. The molecule has 2 aliphatic heterocycles. The maximum Gasteiger partial charge on any atom is 0.253 e. The lowest BCUT2D eigenvalue weighted by molar-refractivity contribution is -0.177. The van der Waals surface area contributed by atoms with E-state index in [-0.39, 0.29) is 23.9 Å². The highest BCUT2D eigenvalue weighted by molar-refractivity contribution is 7.89. The maximum absolute atomic E-state index is 13.1. The van der Waals surface area contributed by atoms with E-state index in [1.807, 2.05) is 16.8 Å². The first-order valence-corrected chi connectivity index (χ1v) is 11.1. The zero-order chi connectivity index (χ0) is 21.5. The number of ether oxygens (including phenoxy) is 1. The highest BCUT2D eigenvalue weighted by Gasteiger charge is 2.48. The first-order chi connectivity index (χ1) is 14.3. The van der Waals surface area contributed by atoms with Gasteiger partial charge in [0.1, 0.15) is 11.4 Å². The number of sulfonamides is 1. The van der Waals surface area contributed by atoms with E-state index in [4.69, 9.17) is 10.00 Å². The second-order valence-electron chi connectivity index (χ2n) is 7.78. The Balaban J connectivity index is 1.59. The van der Waals surface area contributed by atoms with Gasteiger partial charge in [-0.3, -0.25) is 4.79 Å². The van der Waals surface area contributed by atoms with Crippen molar-refractivity contribution in [1.29, 1.82) is 5.26 Å². The van der Waals surface area contributed by atoms with Crippen molar-refractivity contribution < 1.29 is 17.9 Å². The molecule has 1 amide bonds. The Morgan fingerprint density at radius 2 is 2.07 bits per heavy atom. The first-order valence-electron chi connectivity index (χ1n) is 9.68. The molecule has 4 rings (SSSR count). The van der Waals surface area contributed by atoms with E-state index < -0.39 is 21.7 Å². The number of nitrogens with zero attached hydrogens (tertiary/aromatic N) is 5. The second-order valence-corrected chi connectivity index (χ2v) is 9.72. The Morgan fingerprint density at radius 1 is 1.33 bits per heavy atom. The van der Waals surface area contributed by atoms with Crippen LogP contribution < -0.4 is 0 Å². The number of nitriles is 1. The van der Waals surface area contributed by atoms with Crippen LogP contribution in [0, 0.1) is 11.3 Å². The fraction of sp³-hybridized carbons (Fsp3) is 0.450. The monoisotopic (exact) mass is 429 g/mol. The number of fused-ring (bicyclic) bond motifs is 2. The molecular formula is C20H23N5O4S. The number of carbonyl (C=O) groups excluding carboxylic acids is 1. The average molecular weight is 430 g/mol. The molecule has 2 aliphatic rings. The fourth-order valence-corrected chi connectivity index (χ4v) is 5.61. The van der Waals surface area contributed by atoms with Crippen LogP contribution in [0.1, 0.15) is 24.2 Å². The summed E-state index contributed by atoms with van der Waals surface area (Å²) in [4.78, 5) is 18.6. The van der Waals surface area contributed by atoms with Crippen LogP contribution in [-0.2, 0) is 31.7 Å². The number of benzene rings is 1. The van der Waals surface area contributed by atoms with Gasteiger partial charge >= 0.3 is 0 Å². The third kappa shape index (κ3) is 3.39. The number of imidazole rings is 1. The molecule has 1 atom stereocenters. The summed E-state index contributed by atoms with van der Waals surface area (Å²) in [6, 6.07) is 7.99. The van der Waals surface area contributed by atoms with Crippen molar-refractivity contribution in [3.63, 3.8) is 0 Å². The van der Waals surface area contributed by atoms with Crippen molar-refractivity contribution >= 4 is 15.9 Å². The zero-order valence-electron chi connectivity index (χ0n) is 16.9. The predicted octanol–water partition coefficient (Wildman–Crippen LogP) is 0.922. The highest BCUT2D eigenvalue weighted by atomic mass is 32.2. The molecule has 0 bridgehead atoms. The Morgan fingerprint density at radius 3 is 2.73 bits per heavy atom. The van der Waals surface area contributed by atoms with E-state index >= 15 is 0 Å². The van der Waals surface area contributed by atoms with Gasteiger partial charge in [0.2, 0.25) is 10.0 Å². The summed E-state index contributed by atoms with van der Waals surface area (Å²) in [7, 11) is -0.359. The van der Waals surface area contributed by atoms with Crippen LogP contribution in [0.5, 0.6) is 0 Å². The summed E-state index contributed by atoms with van der Waals surface area (Å²) in [6.45, 7) is 0.848. The lowest BCUT2D eigenvalue weighted by atomic mass is 9.89. The molecule has 0 N–H and O–H groups in total. The fourth-order valence-electron chi connectivity index (χ4n) is 4.12. The maximum atomic E-state index is 13.1. The Bertz CT molecular complexity index is 1110. The molecule has 1 aromatic heterocycles. The van der Waals surface area contributed by atoms with E-state index in [1.54, 1.807) is 32.4 Å². The average Bonchev–Trinajstić information content (AvgIpc) is 3.23. The van der Waals surface area contributed by atoms with Gasteiger partial charge in [-0.2, -0.15) is 9.57 Å². The summed E-state index contributed by atoms with van der Waals surface area (Å²) >= 11 is 0. The SMILES string of the molecule is CN(C)C(=O)[C@H]1Cn2ccnc2C2(CCN(S(=O)(=O)c3cccc(C#N)c3)CC2)O1. The molecule has 30 heavy (non-hydrogen) atoms. The minimum atomic E-state index is -3.73. The lowest BCUT2D eigenvalue weighted by Gasteiger charge is -2.45. The van der Waals surface area contributed by atoms with Gasteiger partial charge in [0.15, 0.2) is 6.10 Å². The molecule has 9 nitrogen and oxygen atoms in total. The van der Waals surface area contributed by atoms with Crippen molar-refractivity contribution in [3.8, 4) is 6.07 Å². The number of aromatic nitrogens is 2. The van der Waals surface area contributed by atoms with Crippen LogP contribution in [0.15, 0.2) is 41.6 Å². The lowest BCUT2D eigenvalue weighted by Crippen LogP contribution is -2.54. The van der Waals surface area contributed by atoms with Gasteiger partial charge in [-0.05, 0) is 31.0 Å². The molecular weight excluding hydrogens is 406 g/mol. The molecule has 1 spiro atoms. The number of hydrogen-bond acceptors (Lipinski definition) is 6. The number of piperidine rings is 1. The van der Waals surface area contributed by atoms with Crippen LogP contribution in [0.3, 0.4) is 0 Å². The molecule has 1 fully saturated rings. The molecule has 0 saturated carbocycles. The predicted molar refractivity (Wildman–Crippen MR) is 107 cm³/mol. The highest BCUT2D eigenvalue weighted by Crippen LogP contribution is 2.41. The topological polar surface area (TPSA) is 109 Å². The van der Waals surface area contributed by atoms with E-state index in [0.717, 1.165) is 5.82 Å². The summed E-state index contributed by atoms with van der Waals surface area (Å²) in [5.74, 6) is 0.603. The summed E-state index contributed by atoms with van der Waals surface area (Å²) < 4.78 is 35.8. The van der Waals surface area contributed by atoms with Gasteiger partial charge in [0.05, 0.1) is 23.1 Å². The van der Waals surface area contributed by atoms with Crippen LogP contribution in [0.2, 0.25) is 0 Å². The van der Waals surface area contributed by atoms with Crippen LogP contribution in [0.25, 0.3) is 0 Å². The van der Waals surface area contributed by atoms with Crippen molar-refractivity contribution in [2.24, 2.45) is 0 Å². The van der Waals surface area contributed by atoms with E-state index in [2.05, 4.69) is 4.98 Å². The van der Waals surface area contributed by atoms with Gasteiger partial charge < -0.3 is 14.2 Å². The minimum Gasteiger partial charge on any atom is -0.352 e. The van der Waals surface area contributed by atoms with Gasteiger partial charge in [-0.1, -0.05) is 6.07 Å². The quantitative estimate of drug-likeness (QED) is 0.718. The summed E-state index contributed by atoms with van der Waals surface area (Å²) in [6.07, 6.45) is 3.64. The van der Waals surface area contributed by atoms with Crippen LogP contribution >= 0.6 is 0 Å². The number of hydrogen-bond donors (Lipinski definition) is 0. The molecule has 0 aliphatic carbocycles. The summed E-state index contributed by atoms with van der Waals surface area (Å²) in [5.41, 5.74) is -0.509. The first kappa shape index (κ1) is 20.5. The van der Waals surface area contributed by atoms with E-state index in [9.17, 15) is 13.2 Å². The second kappa shape index (κ2) is 7.50. The largest absolute Gasteiger partial charge is 0.352 e. The van der Waals surface area contributed by atoms with Crippen LogP contribution in [0.4, 0.5) is 0 Å². The molecule has 1 aromatic carbocycles. The third-order valence-corrected chi connectivity index (χ3v) is 7.60. The number of likely N-dealkylation sites (N-methyl/N-ethyl adjacent to an activating group) is 1. The molecule has 0 unspecified atom stereocenters. The van der Waals surface area contributed by atoms with Gasteiger partial charge in [0.25, 0.3) is 5.91 Å². The van der Waals surface area contributed by atoms with Crippen molar-refractivity contribution in [3.05, 3.63) is 48.0 Å². The normalized spacial score (nSPS) is 21.0. The van der Waals surface area contributed by atoms with Crippen molar-refractivity contribution in [2.45, 2.75) is 36.0 Å². The molecule has 158 valence electrons. The molecule has 0 radical (unpaired) electrons. The standard InChI is InChI=1S/C20H23N5O4S/c1-23(2)18(26)17-14-24-11-8-22-19(24)20(29-17)6-9-25(10-7-20)30(27,28)16-5-3-4-15(12-16)13-21/h3-5,8,11-12,17H,6-7,9-10,14H2,1-2H3/t17-/m1/s1. The van der Waals surface area contributed by atoms with Crippen molar-refractivity contribution in [1.82, 2.24) is 18.8 Å². The van der Waals surface area contributed by atoms with Crippen molar-refractivity contribution in [2.75, 3.05) is 27.2 Å². The smallest absolute Gasteiger partial charge is 0.253 e. The van der Waals surface area contributed by atoms with Crippen LogP contribution in [-0.4, -0.2) is 66.4 Å². The number of carbonyl (C=O) groups is 1. The van der Waals surface area contributed by atoms with E-state index in [0.29, 0.717) is 24.9 Å². The Kier molecular flexibility index (Phi) is 5.13. The molecule has 1 saturated heterocycles. The van der Waals surface area contributed by atoms with Gasteiger partial charge in [-0.15, -0.1) is 0 Å². The third-order valence-electron chi connectivity index (χ3n) is 5.70. The Hall–Kier alpha value is -2.74. The number of rotatable bonds is 3. The minimum absolute atomic E-state index is 0.101. The van der Waals surface area contributed by atoms with Gasteiger partial charge in [0, 0.05) is 39.6 Å². The summed E-state index contributed by atoms with van der Waals surface area (Å²) in [5, 5.41) is 9.07. The van der Waals surface area contributed by atoms with Gasteiger partial charge in [-0.25, -0.2) is 13.4 Å². The molecule has 3 heterocycles. The molecule has 2 aromatic rings.